The highest BCUT2D eigenvalue weighted by Crippen LogP contribution is 2.19. The molecule has 1 amide bonds. The summed E-state index contributed by atoms with van der Waals surface area (Å²) in [6.45, 7) is 2.99. The van der Waals surface area contributed by atoms with E-state index in [-0.39, 0.29) is 15.9 Å². The predicted molar refractivity (Wildman–Crippen MR) is 90.9 cm³/mol. The minimum atomic E-state index is -3.65. The number of benzene rings is 1. The normalized spacial score (nSPS) is 12.0. The third-order valence-corrected chi connectivity index (χ3v) is 5.73. The van der Waals surface area contributed by atoms with Crippen molar-refractivity contribution in [2.75, 3.05) is 5.32 Å². The van der Waals surface area contributed by atoms with Crippen LogP contribution in [0.25, 0.3) is 6.08 Å². The Morgan fingerprint density at radius 1 is 1.36 bits per heavy atom. The van der Waals surface area contributed by atoms with E-state index < -0.39 is 26.8 Å². The average Bonchev–Trinajstić information content (AvgIpc) is 3.03. The van der Waals surface area contributed by atoms with Crippen molar-refractivity contribution >= 4 is 38.5 Å². The molecule has 1 aromatic heterocycles. The third-order valence-electron chi connectivity index (χ3n) is 3.05. The van der Waals surface area contributed by atoms with E-state index >= 15 is 0 Å². The molecule has 25 heavy (non-hydrogen) atoms. The van der Waals surface area contributed by atoms with Crippen molar-refractivity contribution < 1.29 is 17.6 Å². The zero-order valence-corrected chi connectivity index (χ0v) is 14.9. The molecule has 1 N–H and O–H groups in total. The van der Waals surface area contributed by atoms with Gasteiger partial charge in [-0.15, -0.1) is 0 Å². The highest BCUT2D eigenvalue weighted by molar-refractivity contribution is 7.91. The van der Waals surface area contributed by atoms with E-state index in [0.29, 0.717) is 17.1 Å². The van der Waals surface area contributed by atoms with Crippen molar-refractivity contribution in [3.63, 3.8) is 0 Å². The van der Waals surface area contributed by atoms with Crippen molar-refractivity contribution in [2.24, 2.45) is 0 Å². The molecule has 0 spiro atoms. The maximum absolute atomic E-state index is 12.9. The van der Waals surface area contributed by atoms with Crippen LogP contribution in [0.1, 0.15) is 19.4 Å². The Morgan fingerprint density at radius 3 is 2.56 bits per heavy atom. The second kappa shape index (κ2) is 7.50. The summed E-state index contributed by atoms with van der Waals surface area (Å²) in [5.41, 5.74) is 0.225. The van der Waals surface area contributed by atoms with E-state index in [0.717, 1.165) is 0 Å². The lowest BCUT2D eigenvalue weighted by atomic mass is 10.1. The van der Waals surface area contributed by atoms with Gasteiger partial charge in [0.05, 0.1) is 5.25 Å². The van der Waals surface area contributed by atoms with Crippen LogP contribution >= 0.6 is 11.5 Å². The van der Waals surface area contributed by atoms with E-state index in [1.165, 1.54) is 44.2 Å². The molecule has 2 rings (SSSR count). The van der Waals surface area contributed by atoms with E-state index in [4.69, 9.17) is 5.26 Å². The van der Waals surface area contributed by atoms with Gasteiger partial charge in [-0.25, -0.2) is 12.8 Å². The lowest BCUT2D eigenvalue weighted by molar-refractivity contribution is -0.112. The van der Waals surface area contributed by atoms with Gasteiger partial charge in [-0.2, -0.15) is 14.6 Å². The summed E-state index contributed by atoms with van der Waals surface area (Å²) in [5.74, 6) is -1.20. The summed E-state index contributed by atoms with van der Waals surface area (Å²) >= 11 is 0.700. The first-order valence-electron chi connectivity index (χ1n) is 7.00. The Hall–Kier alpha value is -2.64. The number of sulfone groups is 1. The SMILES string of the molecule is CC(C)S(=O)(=O)c1nsc(NC(=O)/C(C#N)=C\c2ccc(F)cc2)n1. The van der Waals surface area contributed by atoms with Gasteiger partial charge in [0.15, 0.2) is 0 Å². The summed E-state index contributed by atoms with van der Waals surface area (Å²) in [5, 5.41) is 10.3. The Morgan fingerprint density at radius 2 is 2.00 bits per heavy atom. The van der Waals surface area contributed by atoms with Crippen LogP contribution in [0.5, 0.6) is 0 Å². The summed E-state index contributed by atoms with van der Waals surface area (Å²) in [7, 11) is -3.65. The Labute approximate surface area is 147 Å². The second-order valence-electron chi connectivity index (χ2n) is 5.15. The van der Waals surface area contributed by atoms with E-state index in [9.17, 15) is 17.6 Å². The van der Waals surface area contributed by atoms with Gasteiger partial charge in [-0.1, -0.05) is 12.1 Å². The van der Waals surface area contributed by atoms with Crippen LogP contribution in [0.2, 0.25) is 0 Å². The van der Waals surface area contributed by atoms with Crippen molar-refractivity contribution in [3.05, 3.63) is 41.2 Å². The molecule has 0 atom stereocenters. The topological polar surface area (TPSA) is 113 Å². The molecule has 2 aromatic rings. The largest absolute Gasteiger partial charge is 0.296 e. The van der Waals surface area contributed by atoms with Crippen LogP contribution in [0.4, 0.5) is 9.52 Å². The molecule has 0 saturated heterocycles. The number of rotatable bonds is 5. The number of carbonyl (C=O) groups is 1. The van der Waals surface area contributed by atoms with E-state index in [1.807, 2.05) is 0 Å². The number of nitrogens with zero attached hydrogens (tertiary/aromatic N) is 3. The van der Waals surface area contributed by atoms with Crippen molar-refractivity contribution in [1.82, 2.24) is 9.36 Å². The van der Waals surface area contributed by atoms with Gasteiger partial charge in [0.2, 0.25) is 15.0 Å². The fourth-order valence-electron chi connectivity index (χ4n) is 1.63. The highest BCUT2D eigenvalue weighted by Gasteiger charge is 2.25. The molecular weight excluding hydrogens is 367 g/mol. The Bertz CT molecular complexity index is 957. The van der Waals surface area contributed by atoms with Gasteiger partial charge in [0.1, 0.15) is 17.5 Å². The summed E-state index contributed by atoms with van der Waals surface area (Å²) < 4.78 is 40.5. The van der Waals surface area contributed by atoms with E-state index in [2.05, 4.69) is 14.7 Å². The highest BCUT2D eigenvalue weighted by atomic mass is 32.2. The molecule has 0 fully saturated rings. The zero-order valence-electron chi connectivity index (χ0n) is 13.2. The number of carbonyl (C=O) groups excluding carboxylic acids is 1. The fraction of sp³-hybridized carbons (Fsp3) is 0.200. The molecule has 0 saturated carbocycles. The molecule has 0 aliphatic carbocycles. The number of nitrogens with one attached hydrogen (secondary N) is 1. The monoisotopic (exact) mass is 380 g/mol. The maximum Gasteiger partial charge on any atom is 0.268 e. The van der Waals surface area contributed by atoms with Crippen LogP contribution in [0.3, 0.4) is 0 Å². The van der Waals surface area contributed by atoms with Gasteiger partial charge < -0.3 is 0 Å². The molecule has 1 heterocycles. The molecule has 130 valence electrons. The Balaban J connectivity index is 2.20. The van der Waals surface area contributed by atoms with Crippen molar-refractivity contribution in [2.45, 2.75) is 24.3 Å². The van der Waals surface area contributed by atoms with Crippen molar-refractivity contribution in [3.8, 4) is 6.07 Å². The first-order chi connectivity index (χ1) is 11.7. The number of hydrogen-bond donors (Lipinski definition) is 1. The zero-order chi connectivity index (χ0) is 18.6. The number of anilines is 1. The van der Waals surface area contributed by atoms with Crippen LogP contribution < -0.4 is 5.32 Å². The summed E-state index contributed by atoms with van der Waals surface area (Å²) in [4.78, 5) is 15.9. The standard InChI is InChI=1S/C15H13FN4O3S2/c1-9(2)25(22,23)15-19-14(24-20-15)18-13(21)11(8-17)7-10-3-5-12(16)6-4-10/h3-7,9H,1-2H3,(H,18,19,20,21)/b11-7-. The number of amides is 1. The molecule has 0 aliphatic rings. The van der Waals surface area contributed by atoms with Gasteiger partial charge in [-0.3, -0.25) is 10.1 Å². The van der Waals surface area contributed by atoms with Crippen LogP contribution in [-0.2, 0) is 14.6 Å². The summed E-state index contributed by atoms with van der Waals surface area (Å²) in [6.07, 6.45) is 1.28. The number of nitriles is 1. The Kier molecular flexibility index (Phi) is 5.61. The fourth-order valence-corrected chi connectivity index (χ4v) is 3.32. The number of halogens is 1. The molecule has 0 aliphatic heterocycles. The minimum Gasteiger partial charge on any atom is -0.296 e. The number of aromatic nitrogens is 2. The number of hydrogen-bond acceptors (Lipinski definition) is 7. The van der Waals surface area contributed by atoms with Crippen LogP contribution in [-0.4, -0.2) is 28.9 Å². The molecule has 1 aromatic carbocycles. The molecule has 0 bridgehead atoms. The van der Waals surface area contributed by atoms with E-state index in [1.54, 1.807) is 6.07 Å². The predicted octanol–water partition coefficient (Wildman–Crippen LogP) is 2.40. The molecule has 10 heteroatoms. The lowest BCUT2D eigenvalue weighted by Crippen LogP contribution is -2.16. The maximum atomic E-state index is 12.9. The second-order valence-corrected chi connectivity index (χ2v) is 8.30. The first-order valence-corrected chi connectivity index (χ1v) is 9.32. The van der Waals surface area contributed by atoms with Gasteiger partial charge in [-0.05, 0) is 37.6 Å². The summed E-state index contributed by atoms with van der Waals surface area (Å²) in [6, 6.07) is 6.97. The average molecular weight is 380 g/mol. The molecular formula is C15H13FN4O3S2. The first kappa shape index (κ1) is 18.7. The van der Waals surface area contributed by atoms with Crippen molar-refractivity contribution in [1.29, 1.82) is 5.26 Å². The lowest BCUT2D eigenvalue weighted by Gasteiger charge is -2.02. The molecule has 0 radical (unpaired) electrons. The third kappa shape index (κ3) is 4.46. The van der Waals surface area contributed by atoms with Gasteiger partial charge in [0, 0.05) is 11.5 Å². The minimum absolute atomic E-state index is 0.0375. The quantitative estimate of drug-likeness (QED) is 0.629. The van der Waals surface area contributed by atoms with Gasteiger partial charge in [0.25, 0.3) is 11.1 Å². The molecule has 0 unspecified atom stereocenters. The smallest absolute Gasteiger partial charge is 0.268 e. The van der Waals surface area contributed by atoms with Crippen LogP contribution in [0, 0.1) is 17.1 Å². The van der Waals surface area contributed by atoms with Gasteiger partial charge >= 0.3 is 0 Å². The molecule has 7 nitrogen and oxygen atoms in total. The van der Waals surface area contributed by atoms with Crippen LogP contribution in [0.15, 0.2) is 35.0 Å².